The fraction of sp³-hybridized carbons (Fsp3) is 0.321. The maximum Gasteiger partial charge on any atom is 0.213 e. The molecule has 2 heterocycles. The van der Waals surface area contributed by atoms with Crippen molar-refractivity contribution in [3.63, 3.8) is 0 Å². The van der Waals surface area contributed by atoms with Crippen molar-refractivity contribution < 1.29 is 14.6 Å². The van der Waals surface area contributed by atoms with Gasteiger partial charge in [0.15, 0.2) is 0 Å². The minimum atomic E-state index is 0.252. The van der Waals surface area contributed by atoms with Crippen molar-refractivity contribution in [3.8, 4) is 17.4 Å². The average molecular weight is 447 g/mol. The third-order valence-corrected chi connectivity index (χ3v) is 5.48. The van der Waals surface area contributed by atoms with Gasteiger partial charge < -0.3 is 19.9 Å². The quantitative estimate of drug-likeness (QED) is 0.342. The van der Waals surface area contributed by atoms with Crippen molar-refractivity contribution in [1.29, 1.82) is 0 Å². The lowest BCUT2D eigenvalue weighted by atomic mass is 9.88. The Morgan fingerprint density at radius 3 is 2.42 bits per heavy atom. The number of allylic oxidation sites excluding steroid dienone is 1. The number of benzene rings is 2. The molecule has 1 aliphatic heterocycles. The highest BCUT2D eigenvalue weighted by molar-refractivity contribution is 5.98. The maximum atomic E-state index is 9.80. The molecule has 174 valence electrons. The number of nitrogens with zero attached hydrogens (tertiary/aromatic N) is 1. The molecular formula is C28H34N2O3. The zero-order valence-electron chi connectivity index (χ0n) is 20.0. The highest BCUT2D eigenvalue weighted by Crippen LogP contribution is 2.37. The van der Waals surface area contributed by atoms with Crippen molar-refractivity contribution >= 4 is 11.1 Å². The highest BCUT2D eigenvalue weighted by atomic mass is 16.5. The number of hydrogen-bond donors (Lipinski definition) is 2. The van der Waals surface area contributed by atoms with Gasteiger partial charge in [-0.1, -0.05) is 39.0 Å². The summed E-state index contributed by atoms with van der Waals surface area (Å²) in [5.74, 6) is 1.84. The molecule has 1 aromatic heterocycles. The molecule has 0 atom stereocenters. The van der Waals surface area contributed by atoms with Crippen LogP contribution in [0.2, 0.25) is 0 Å². The monoisotopic (exact) mass is 446 g/mol. The number of aromatic hydroxyl groups is 1. The summed E-state index contributed by atoms with van der Waals surface area (Å²) in [6, 6.07) is 17.8. The number of ether oxygens (including phenoxy) is 2. The van der Waals surface area contributed by atoms with Crippen molar-refractivity contribution in [2.45, 2.75) is 33.6 Å². The van der Waals surface area contributed by atoms with Crippen LogP contribution in [0.5, 0.6) is 17.4 Å². The fourth-order valence-corrected chi connectivity index (χ4v) is 3.91. The first-order valence-corrected chi connectivity index (χ1v) is 11.7. The molecule has 0 fully saturated rings. The summed E-state index contributed by atoms with van der Waals surface area (Å²) in [4.78, 5) is 4.53. The van der Waals surface area contributed by atoms with Gasteiger partial charge >= 0.3 is 0 Å². The molecule has 0 aliphatic carbocycles. The Hall–Kier alpha value is -3.31. The Labute approximate surface area is 197 Å². The van der Waals surface area contributed by atoms with Gasteiger partial charge in [-0.25, -0.2) is 4.98 Å². The number of likely N-dealkylation sites (N-methyl/N-ethyl adjacent to an activating group) is 1. The highest BCUT2D eigenvalue weighted by Gasteiger charge is 2.17. The normalized spacial score (nSPS) is 12.7. The number of pyridine rings is 1. The van der Waals surface area contributed by atoms with Crippen molar-refractivity contribution in [2.75, 3.05) is 26.8 Å². The van der Waals surface area contributed by atoms with E-state index in [-0.39, 0.29) is 5.75 Å². The van der Waals surface area contributed by atoms with Gasteiger partial charge in [0.1, 0.15) is 18.1 Å². The zero-order valence-corrected chi connectivity index (χ0v) is 20.0. The SMILES string of the molecule is CC.CC/C(=C(\c1ccc(O)cc1)c1ccc(OCCNC)nc1)c1ccc2c(c1)CCO2. The van der Waals surface area contributed by atoms with Crippen LogP contribution < -0.4 is 14.8 Å². The van der Waals surface area contributed by atoms with Crippen molar-refractivity contribution in [2.24, 2.45) is 0 Å². The summed E-state index contributed by atoms with van der Waals surface area (Å²) in [5.41, 5.74) is 6.82. The zero-order chi connectivity index (χ0) is 23.6. The summed E-state index contributed by atoms with van der Waals surface area (Å²) >= 11 is 0. The molecule has 0 saturated heterocycles. The molecular weight excluding hydrogens is 412 g/mol. The predicted molar refractivity (Wildman–Crippen MR) is 135 cm³/mol. The standard InChI is InChI=1S/C26H28N2O3.C2H6/c1-3-23(19-6-10-24-20(16-19)12-14-30-24)26(18-4-8-22(29)9-5-18)21-7-11-25(28-17-21)31-15-13-27-2;1-2/h4-11,16-17,27,29H,3,12-15H2,1-2H3;1-2H3/b26-23-;. The molecule has 0 bridgehead atoms. The number of fused-ring (bicyclic) bond motifs is 1. The first-order valence-electron chi connectivity index (χ1n) is 11.7. The van der Waals surface area contributed by atoms with E-state index < -0.39 is 0 Å². The van der Waals surface area contributed by atoms with Crippen molar-refractivity contribution in [3.05, 3.63) is 83.0 Å². The molecule has 0 radical (unpaired) electrons. The summed E-state index contributed by atoms with van der Waals surface area (Å²) in [6.07, 6.45) is 3.66. The Morgan fingerprint density at radius 1 is 1.03 bits per heavy atom. The fourth-order valence-electron chi connectivity index (χ4n) is 3.91. The van der Waals surface area contributed by atoms with E-state index in [9.17, 15) is 5.11 Å². The molecule has 4 rings (SSSR count). The molecule has 0 spiro atoms. The van der Waals surface area contributed by atoms with Crippen LogP contribution >= 0.6 is 0 Å². The van der Waals surface area contributed by atoms with Crippen LogP contribution in [-0.4, -0.2) is 36.9 Å². The Balaban J connectivity index is 0.00000149. The molecule has 2 aromatic carbocycles. The minimum Gasteiger partial charge on any atom is -0.508 e. The van der Waals surface area contributed by atoms with Crippen LogP contribution in [0.15, 0.2) is 60.8 Å². The molecule has 3 aromatic rings. The van der Waals surface area contributed by atoms with Crippen LogP contribution in [0.1, 0.15) is 49.4 Å². The predicted octanol–water partition coefficient (Wildman–Crippen LogP) is 5.72. The molecule has 2 N–H and O–H groups in total. The van der Waals surface area contributed by atoms with Gasteiger partial charge in [-0.05, 0) is 71.6 Å². The lowest BCUT2D eigenvalue weighted by molar-refractivity contribution is 0.306. The molecule has 5 nitrogen and oxygen atoms in total. The second kappa shape index (κ2) is 12.1. The van der Waals surface area contributed by atoms with Gasteiger partial charge in [0.25, 0.3) is 0 Å². The lowest BCUT2D eigenvalue weighted by Crippen LogP contribution is -2.16. The molecule has 0 saturated carbocycles. The lowest BCUT2D eigenvalue weighted by Gasteiger charge is -2.17. The Morgan fingerprint density at radius 2 is 1.76 bits per heavy atom. The second-order valence-electron chi connectivity index (χ2n) is 7.51. The van der Waals surface area contributed by atoms with Crippen LogP contribution in [-0.2, 0) is 6.42 Å². The number of phenols is 1. The van der Waals surface area contributed by atoms with Gasteiger partial charge in [0.05, 0.1) is 6.61 Å². The van der Waals surface area contributed by atoms with Gasteiger partial charge in [-0.15, -0.1) is 0 Å². The van der Waals surface area contributed by atoms with E-state index in [4.69, 9.17) is 9.47 Å². The summed E-state index contributed by atoms with van der Waals surface area (Å²) in [5, 5.41) is 12.9. The number of aromatic nitrogens is 1. The minimum absolute atomic E-state index is 0.252. The largest absolute Gasteiger partial charge is 0.508 e. The van der Waals surface area contributed by atoms with Crippen LogP contribution in [0.3, 0.4) is 0 Å². The first-order chi connectivity index (χ1) is 16.2. The van der Waals surface area contributed by atoms with E-state index in [0.717, 1.165) is 48.4 Å². The number of phenolic OH excluding ortho intramolecular Hbond substituents is 1. The van der Waals surface area contributed by atoms with Gasteiger partial charge in [0, 0.05) is 30.8 Å². The van der Waals surface area contributed by atoms with Crippen LogP contribution in [0.25, 0.3) is 11.1 Å². The van der Waals surface area contributed by atoms with Gasteiger partial charge in [0.2, 0.25) is 5.88 Å². The van der Waals surface area contributed by atoms with Crippen molar-refractivity contribution in [1.82, 2.24) is 10.3 Å². The number of rotatable bonds is 8. The van der Waals surface area contributed by atoms with E-state index in [1.165, 1.54) is 16.7 Å². The molecule has 1 aliphatic rings. The van der Waals surface area contributed by atoms with Crippen LogP contribution in [0, 0.1) is 0 Å². The van der Waals surface area contributed by atoms with Gasteiger partial charge in [-0.3, -0.25) is 0 Å². The maximum absolute atomic E-state index is 9.80. The summed E-state index contributed by atoms with van der Waals surface area (Å²) < 4.78 is 11.4. The average Bonchev–Trinajstić information content (AvgIpc) is 3.33. The Bertz CT molecular complexity index is 1060. The summed E-state index contributed by atoms with van der Waals surface area (Å²) in [7, 11) is 1.89. The Kier molecular flexibility index (Phi) is 8.90. The summed E-state index contributed by atoms with van der Waals surface area (Å²) in [6.45, 7) is 8.25. The number of nitrogens with one attached hydrogen (secondary N) is 1. The van der Waals surface area contributed by atoms with Gasteiger partial charge in [-0.2, -0.15) is 0 Å². The first kappa shape index (κ1) is 24.3. The topological polar surface area (TPSA) is 63.6 Å². The molecule has 0 unspecified atom stereocenters. The van der Waals surface area contributed by atoms with E-state index in [1.54, 1.807) is 12.1 Å². The third-order valence-electron chi connectivity index (χ3n) is 5.48. The van der Waals surface area contributed by atoms with E-state index in [0.29, 0.717) is 12.5 Å². The van der Waals surface area contributed by atoms with E-state index in [1.807, 2.05) is 45.3 Å². The molecule has 5 heteroatoms. The second-order valence-corrected chi connectivity index (χ2v) is 7.51. The molecule has 0 amide bonds. The molecule has 33 heavy (non-hydrogen) atoms. The third kappa shape index (κ3) is 5.93. The van der Waals surface area contributed by atoms with E-state index >= 15 is 0 Å². The van der Waals surface area contributed by atoms with Crippen LogP contribution in [0.4, 0.5) is 0 Å². The smallest absolute Gasteiger partial charge is 0.213 e. The number of hydrogen-bond acceptors (Lipinski definition) is 5. The van der Waals surface area contributed by atoms with E-state index in [2.05, 4.69) is 41.5 Å².